The molecule has 5 nitrogen and oxygen atoms in total. The van der Waals surface area contributed by atoms with Crippen LogP contribution in [0.2, 0.25) is 5.02 Å². The van der Waals surface area contributed by atoms with E-state index in [2.05, 4.69) is 10.1 Å². The average molecular weight is 315 g/mol. The van der Waals surface area contributed by atoms with Gasteiger partial charge in [0.25, 0.3) is 0 Å². The molecule has 0 aliphatic heterocycles. The number of hydrogen-bond acceptors (Lipinski definition) is 4. The van der Waals surface area contributed by atoms with Gasteiger partial charge in [-0.1, -0.05) is 42.8 Å². The Morgan fingerprint density at radius 2 is 2.27 bits per heavy atom. The van der Waals surface area contributed by atoms with Gasteiger partial charge in [0.1, 0.15) is 5.84 Å². The zero-order chi connectivity index (χ0) is 15.9. The molecule has 112 valence electrons. The highest BCUT2D eigenvalue weighted by atomic mass is 35.5. The highest BCUT2D eigenvalue weighted by Gasteiger charge is 2.13. The molecule has 1 N–H and O–H groups in total. The van der Waals surface area contributed by atoms with Gasteiger partial charge in [-0.15, -0.1) is 0 Å². The zero-order valence-corrected chi connectivity index (χ0v) is 12.8. The third-order valence-corrected chi connectivity index (χ3v) is 3.27. The van der Waals surface area contributed by atoms with Crippen LogP contribution in [0.25, 0.3) is 11.3 Å². The first-order valence-corrected chi connectivity index (χ1v) is 7.18. The molecule has 0 saturated heterocycles. The van der Waals surface area contributed by atoms with Crippen LogP contribution < -0.4 is 0 Å². The fourth-order valence-electron chi connectivity index (χ4n) is 1.90. The molecule has 0 radical (unpaired) electrons. The van der Waals surface area contributed by atoms with Gasteiger partial charge in [-0.05, 0) is 6.07 Å². The second kappa shape index (κ2) is 7.43. The second-order valence-electron chi connectivity index (χ2n) is 4.43. The van der Waals surface area contributed by atoms with Crippen LogP contribution in [0.4, 0.5) is 0 Å². The predicted molar refractivity (Wildman–Crippen MR) is 86.8 cm³/mol. The molecule has 0 fully saturated rings. The molecular formula is C16H15ClN4O. The van der Waals surface area contributed by atoms with Gasteiger partial charge in [0, 0.05) is 24.3 Å². The van der Waals surface area contributed by atoms with Crippen molar-refractivity contribution in [2.24, 2.45) is 4.99 Å². The monoisotopic (exact) mass is 314 g/mol. The highest BCUT2D eigenvalue weighted by Crippen LogP contribution is 2.29. The van der Waals surface area contributed by atoms with Gasteiger partial charge in [0.05, 0.1) is 23.2 Å². The Bertz CT molecular complexity index is 756. The van der Waals surface area contributed by atoms with Gasteiger partial charge in [-0.2, -0.15) is 15.0 Å². The van der Waals surface area contributed by atoms with E-state index in [0.29, 0.717) is 23.0 Å². The highest BCUT2D eigenvalue weighted by molar-refractivity contribution is 6.33. The Morgan fingerprint density at radius 3 is 2.95 bits per heavy atom. The summed E-state index contributed by atoms with van der Waals surface area (Å²) < 4.78 is 1.37. The number of benzene rings is 1. The minimum Gasteiger partial charge on any atom is -0.493 e. The van der Waals surface area contributed by atoms with Crippen molar-refractivity contribution in [3.8, 4) is 23.2 Å². The first kappa shape index (κ1) is 15.8. The lowest BCUT2D eigenvalue weighted by atomic mass is 10.1. The molecule has 0 spiro atoms. The van der Waals surface area contributed by atoms with Crippen molar-refractivity contribution >= 4 is 17.4 Å². The van der Waals surface area contributed by atoms with E-state index < -0.39 is 0 Å². The fraction of sp³-hybridized carbons (Fsp3) is 0.188. The van der Waals surface area contributed by atoms with E-state index in [0.717, 1.165) is 5.56 Å². The van der Waals surface area contributed by atoms with Crippen molar-refractivity contribution in [1.29, 1.82) is 5.26 Å². The molecule has 1 heterocycles. The molecule has 0 aliphatic rings. The number of rotatable bonds is 4. The van der Waals surface area contributed by atoms with Crippen LogP contribution in [0.15, 0.2) is 47.6 Å². The number of nitriles is 1. The summed E-state index contributed by atoms with van der Waals surface area (Å²) in [5.74, 6) is 0.564. The van der Waals surface area contributed by atoms with E-state index in [1.807, 2.05) is 31.2 Å². The Labute approximate surface area is 133 Å². The molecule has 1 aromatic carbocycles. The summed E-state index contributed by atoms with van der Waals surface area (Å²) in [4.78, 5) is 4.23. The third-order valence-electron chi connectivity index (χ3n) is 2.94. The molecule has 2 rings (SSSR count). The summed E-state index contributed by atoms with van der Waals surface area (Å²) in [5.41, 5.74) is 1.32. The minimum absolute atomic E-state index is 0.01000. The van der Waals surface area contributed by atoms with Crippen LogP contribution in [-0.4, -0.2) is 20.7 Å². The van der Waals surface area contributed by atoms with Crippen molar-refractivity contribution in [2.75, 3.05) is 0 Å². The third kappa shape index (κ3) is 3.54. The number of aliphatic imine (C=N–C) groups is 1. The number of hydrogen-bond donors (Lipinski definition) is 1. The average Bonchev–Trinajstić information content (AvgIpc) is 2.89. The zero-order valence-electron chi connectivity index (χ0n) is 12.1. The van der Waals surface area contributed by atoms with Crippen molar-refractivity contribution in [2.45, 2.75) is 19.8 Å². The van der Waals surface area contributed by atoms with Crippen molar-refractivity contribution < 1.29 is 5.11 Å². The SMILES string of the molecule is CC/C(=N\C=C/CC#N)n1nc(-c2ccccc2Cl)cc1O. The Morgan fingerprint density at radius 1 is 1.50 bits per heavy atom. The number of aromatic hydroxyl groups is 1. The Hall–Kier alpha value is -2.58. The second-order valence-corrected chi connectivity index (χ2v) is 4.83. The van der Waals surface area contributed by atoms with E-state index in [4.69, 9.17) is 16.9 Å². The summed E-state index contributed by atoms with van der Waals surface area (Å²) >= 11 is 6.15. The van der Waals surface area contributed by atoms with Crippen molar-refractivity contribution in [3.05, 3.63) is 47.6 Å². The molecule has 0 saturated carbocycles. The summed E-state index contributed by atoms with van der Waals surface area (Å²) in [6.07, 6.45) is 4.05. The van der Waals surface area contributed by atoms with Crippen molar-refractivity contribution in [3.63, 3.8) is 0 Å². The smallest absolute Gasteiger partial charge is 0.215 e. The topological polar surface area (TPSA) is 74.2 Å². The maximum Gasteiger partial charge on any atom is 0.215 e. The van der Waals surface area contributed by atoms with Crippen LogP contribution in [0.5, 0.6) is 5.88 Å². The largest absolute Gasteiger partial charge is 0.493 e. The van der Waals surface area contributed by atoms with Gasteiger partial charge < -0.3 is 5.11 Å². The molecule has 22 heavy (non-hydrogen) atoms. The van der Waals surface area contributed by atoms with Crippen LogP contribution in [-0.2, 0) is 0 Å². The van der Waals surface area contributed by atoms with E-state index in [-0.39, 0.29) is 12.3 Å². The van der Waals surface area contributed by atoms with Crippen LogP contribution >= 0.6 is 11.6 Å². The number of halogens is 1. The van der Waals surface area contributed by atoms with E-state index >= 15 is 0 Å². The van der Waals surface area contributed by atoms with Crippen molar-refractivity contribution in [1.82, 2.24) is 9.78 Å². The molecule has 0 atom stereocenters. The molecule has 6 heteroatoms. The molecule has 0 bridgehead atoms. The number of allylic oxidation sites excluding steroid dienone is 1. The maximum absolute atomic E-state index is 10.1. The van der Waals surface area contributed by atoms with Crippen LogP contribution in [0.1, 0.15) is 19.8 Å². The summed E-state index contributed by atoms with van der Waals surface area (Å²) in [5, 5.41) is 23.5. The van der Waals surface area contributed by atoms with Gasteiger partial charge in [0.2, 0.25) is 5.88 Å². The van der Waals surface area contributed by atoms with Crippen LogP contribution in [0, 0.1) is 11.3 Å². The van der Waals surface area contributed by atoms with Gasteiger partial charge >= 0.3 is 0 Å². The summed E-state index contributed by atoms with van der Waals surface area (Å²) in [6.45, 7) is 1.91. The van der Waals surface area contributed by atoms with E-state index in [1.165, 1.54) is 4.68 Å². The molecule has 0 unspecified atom stereocenters. The molecule has 0 amide bonds. The summed E-state index contributed by atoms with van der Waals surface area (Å²) in [7, 11) is 0. The van der Waals surface area contributed by atoms with Gasteiger partial charge in [0.15, 0.2) is 0 Å². The first-order chi connectivity index (χ1) is 10.7. The molecular weight excluding hydrogens is 300 g/mol. The lowest BCUT2D eigenvalue weighted by Gasteiger charge is -2.03. The lowest BCUT2D eigenvalue weighted by Crippen LogP contribution is -2.11. The molecule has 2 aromatic rings. The quantitative estimate of drug-likeness (QED) is 0.685. The maximum atomic E-state index is 10.1. The molecule has 1 aromatic heterocycles. The fourth-order valence-corrected chi connectivity index (χ4v) is 2.13. The lowest BCUT2D eigenvalue weighted by molar-refractivity contribution is 0.438. The minimum atomic E-state index is -0.01000. The first-order valence-electron chi connectivity index (χ1n) is 6.80. The van der Waals surface area contributed by atoms with E-state index in [9.17, 15) is 5.11 Å². The Kier molecular flexibility index (Phi) is 5.34. The van der Waals surface area contributed by atoms with E-state index in [1.54, 1.807) is 24.4 Å². The normalized spacial score (nSPS) is 11.8. The number of nitrogens with zero attached hydrogens (tertiary/aromatic N) is 4. The van der Waals surface area contributed by atoms with Gasteiger partial charge in [-0.3, -0.25) is 0 Å². The summed E-state index contributed by atoms with van der Waals surface area (Å²) in [6, 6.07) is 10.8. The Balaban J connectivity index is 2.37. The standard InChI is InChI=1S/C16H15ClN4O/c1-2-15(19-10-6-5-9-18)21-16(22)11-14(20-21)12-7-3-4-8-13(12)17/h3-4,6-8,10-11,22H,2,5H2,1H3/b10-6-,19-15+. The molecule has 0 aliphatic carbocycles. The number of aromatic nitrogens is 2. The van der Waals surface area contributed by atoms with Crippen LogP contribution in [0.3, 0.4) is 0 Å². The van der Waals surface area contributed by atoms with Gasteiger partial charge in [-0.25, -0.2) is 4.99 Å². The predicted octanol–water partition coefficient (Wildman–Crippen LogP) is 3.99.